The van der Waals surface area contributed by atoms with Crippen LogP contribution < -0.4 is 5.32 Å². The minimum atomic E-state index is 0.718. The molecule has 1 aliphatic heterocycles. The zero-order valence-corrected chi connectivity index (χ0v) is 9.41. The molecule has 1 fully saturated rings. The van der Waals surface area contributed by atoms with Crippen LogP contribution in [0.4, 0.5) is 0 Å². The van der Waals surface area contributed by atoms with Crippen molar-refractivity contribution in [3.05, 3.63) is 12.7 Å². The Morgan fingerprint density at radius 3 is 3.08 bits per heavy atom. The summed E-state index contributed by atoms with van der Waals surface area (Å²) in [5.74, 6) is 1.36. The Kier molecular flexibility index (Phi) is 5.56. The first-order chi connectivity index (χ1) is 6.38. The van der Waals surface area contributed by atoms with Crippen molar-refractivity contribution in [1.29, 1.82) is 0 Å². The molecule has 0 bridgehead atoms. The molecule has 0 saturated carbocycles. The third-order valence-electron chi connectivity index (χ3n) is 2.56. The zero-order chi connectivity index (χ0) is 9.52. The van der Waals surface area contributed by atoms with E-state index in [4.69, 9.17) is 0 Å². The first-order valence-corrected chi connectivity index (χ1v) is 6.39. The highest BCUT2D eigenvalue weighted by Crippen LogP contribution is 2.30. The van der Waals surface area contributed by atoms with Gasteiger partial charge in [0.05, 0.1) is 0 Å². The van der Waals surface area contributed by atoms with Crippen LogP contribution in [-0.2, 0) is 0 Å². The number of hydrogen-bond acceptors (Lipinski definition) is 2. The summed E-state index contributed by atoms with van der Waals surface area (Å²) >= 11 is 2.14. The molecule has 1 N–H and O–H groups in total. The number of hydrogen-bond donors (Lipinski definition) is 1. The summed E-state index contributed by atoms with van der Waals surface area (Å²) in [6.07, 6.45) is 7.25. The predicted octanol–water partition coefficient (Wildman–Crippen LogP) is 2.83. The van der Waals surface area contributed by atoms with Gasteiger partial charge in [-0.2, -0.15) is 11.8 Å². The smallest absolute Gasteiger partial charge is 0.0201 e. The molecule has 0 radical (unpaired) electrons. The minimum Gasteiger partial charge on any atom is -0.313 e. The average Bonchev–Trinajstić information content (AvgIpc) is 2.65. The molecule has 0 aromatic rings. The van der Waals surface area contributed by atoms with Gasteiger partial charge in [-0.15, -0.1) is 6.58 Å². The number of thioether (sulfide) groups is 1. The van der Waals surface area contributed by atoms with Gasteiger partial charge < -0.3 is 5.32 Å². The normalized spacial score (nSPS) is 24.5. The summed E-state index contributed by atoms with van der Waals surface area (Å²) in [6, 6.07) is 0.718. The van der Waals surface area contributed by atoms with Crippen molar-refractivity contribution in [2.24, 2.45) is 0 Å². The van der Waals surface area contributed by atoms with E-state index in [0.29, 0.717) is 0 Å². The fourth-order valence-corrected chi connectivity index (χ4v) is 3.33. The van der Waals surface area contributed by atoms with Crippen LogP contribution in [0.1, 0.15) is 32.6 Å². The standard InChI is InChI=1S/C11H21NS/c1-3-5-7-10(12-4-2)11-8-6-9-13-11/h3,10-12H,1,4-9H2,2H3. The lowest BCUT2D eigenvalue weighted by atomic mass is 10.0. The van der Waals surface area contributed by atoms with E-state index in [1.54, 1.807) is 0 Å². The van der Waals surface area contributed by atoms with Crippen LogP contribution in [-0.4, -0.2) is 23.6 Å². The highest BCUT2D eigenvalue weighted by molar-refractivity contribution is 8.00. The molecule has 0 spiro atoms. The molecule has 0 aromatic heterocycles. The molecule has 1 aliphatic rings. The van der Waals surface area contributed by atoms with Gasteiger partial charge in [-0.25, -0.2) is 0 Å². The Bertz CT molecular complexity index is 141. The van der Waals surface area contributed by atoms with E-state index in [-0.39, 0.29) is 0 Å². The van der Waals surface area contributed by atoms with Gasteiger partial charge in [0, 0.05) is 11.3 Å². The Balaban J connectivity index is 2.30. The predicted molar refractivity (Wildman–Crippen MR) is 62.4 cm³/mol. The average molecular weight is 199 g/mol. The van der Waals surface area contributed by atoms with Crippen molar-refractivity contribution >= 4 is 11.8 Å². The maximum Gasteiger partial charge on any atom is 0.0201 e. The highest BCUT2D eigenvalue weighted by Gasteiger charge is 2.23. The maximum atomic E-state index is 3.78. The second-order valence-corrected chi connectivity index (χ2v) is 4.93. The second-order valence-electron chi connectivity index (χ2n) is 3.58. The van der Waals surface area contributed by atoms with Crippen molar-refractivity contribution in [2.45, 2.75) is 43.9 Å². The molecular formula is C11H21NS. The van der Waals surface area contributed by atoms with Crippen molar-refractivity contribution in [2.75, 3.05) is 12.3 Å². The summed E-state index contributed by atoms with van der Waals surface area (Å²) in [5.41, 5.74) is 0. The van der Waals surface area contributed by atoms with Gasteiger partial charge in [-0.1, -0.05) is 13.0 Å². The molecule has 2 heteroatoms. The lowest BCUT2D eigenvalue weighted by Crippen LogP contribution is -2.36. The van der Waals surface area contributed by atoms with E-state index < -0.39 is 0 Å². The van der Waals surface area contributed by atoms with Crippen LogP contribution in [0.3, 0.4) is 0 Å². The van der Waals surface area contributed by atoms with Crippen molar-refractivity contribution in [3.63, 3.8) is 0 Å². The fraction of sp³-hybridized carbons (Fsp3) is 0.818. The first kappa shape index (κ1) is 11.1. The molecule has 76 valence electrons. The zero-order valence-electron chi connectivity index (χ0n) is 8.59. The van der Waals surface area contributed by atoms with Gasteiger partial charge in [0.1, 0.15) is 0 Å². The van der Waals surface area contributed by atoms with Gasteiger partial charge in [-0.3, -0.25) is 0 Å². The number of nitrogens with one attached hydrogen (secondary N) is 1. The Labute approximate surface area is 86.4 Å². The maximum absolute atomic E-state index is 3.78. The summed E-state index contributed by atoms with van der Waals surface area (Å²) in [6.45, 7) is 7.08. The third kappa shape index (κ3) is 3.74. The molecule has 0 aliphatic carbocycles. The summed E-state index contributed by atoms with van der Waals surface area (Å²) in [7, 11) is 0. The van der Waals surface area contributed by atoms with Gasteiger partial charge in [0.25, 0.3) is 0 Å². The van der Waals surface area contributed by atoms with E-state index in [9.17, 15) is 0 Å². The van der Waals surface area contributed by atoms with Gasteiger partial charge in [0.2, 0.25) is 0 Å². The van der Waals surface area contributed by atoms with Gasteiger partial charge in [-0.05, 0) is 38.0 Å². The Morgan fingerprint density at radius 1 is 1.69 bits per heavy atom. The van der Waals surface area contributed by atoms with Crippen LogP contribution in [0, 0.1) is 0 Å². The van der Waals surface area contributed by atoms with Crippen LogP contribution >= 0.6 is 11.8 Å². The quantitative estimate of drug-likeness (QED) is 0.660. The Morgan fingerprint density at radius 2 is 2.54 bits per heavy atom. The van der Waals surface area contributed by atoms with Gasteiger partial charge >= 0.3 is 0 Å². The SMILES string of the molecule is C=CCCC(NCC)C1CCCS1. The molecular weight excluding hydrogens is 178 g/mol. The molecule has 13 heavy (non-hydrogen) atoms. The Hall–Kier alpha value is 0.0500. The third-order valence-corrected chi connectivity index (χ3v) is 4.08. The molecule has 0 aromatic carbocycles. The molecule has 1 heterocycles. The largest absolute Gasteiger partial charge is 0.313 e. The van der Waals surface area contributed by atoms with Crippen LogP contribution in [0.2, 0.25) is 0 Å². The van der Waals surface area contributed by atoms with E-state index in [2.05, 4.69) is 30.6 Å². The van der Waals surface area contributed by atoms with Crippen LogP contribution in [0.25, 0.3) is 0 Å². The highest BCUT2D eigenvalue weighted by atomic mass is 32.2. The topological polar surface area (TPSA) is 12.0 Å². The monoisotopic (exact) mass is 199 g/mol. The van der Waals surface area contributed by atoms with E-state index in [0.717, 1.165) is 24.3 Å². The van der Waals surface area contributed by atoms with Crippen LogP contribution in [0.15, 0.2) is 12.7 Å². The van der Waals surface area contributed by atoms with E-state index >= 15 is 0 Å². The van der Waals surface area contributed by atoms with E-state index in [1.165, 1.54) is 25.0 Å². The number of rotatable bonds is 6. The molecule has 2 unspecified atom stereocenters. The lowest BCUT2D eigenvalue weighted by molar-refractivity contribution is 0.472. The van der Waals surface area contributed by atoms with Crippen LogP contribution in [0.5, 0.6) is 0 Å². The molecule has 2 atom stereocenters. The van der Waals surface area contributed by atoms with Gasteiger partial charge in [0.15, 0.2) is 0 Å². The van der Waals surface area contributed by atoms with E-state index in [1.807, 2.05) is 6.08 Å². The fourth-order valence-electron chi connectivity index (χ4n) is 1.90. The summed E-state index contributed by atoms with van der Waals surface area (Å²) < 4.78 is 0. The summed E-state index contributed by atoms with van der Waals surface area (Å²) in [4.78, 5) is 0. The molecule has 0 amide bonds. The first-order valence-electron chi connectivity index (χ1n) is 5.34. The lowest BCUT2D eigenvalue weighted by Gasteiger charge is -2.23. The second kappa shape index (κ2) is 6.50. The molecule has 1 nitrogen and oxygen atoms in total. The van der Waals surface area contributed by atoms with Crippen molar-refractivity contribution in [3.8, 4) is 0 Å². The summed E-state index contributed by atoms with van der Waals surface area (Å²) in [5, 5.41) is 4.45. The van der Waals surface area contributed by atoms with Crippen molar-refractivity contribution < 1.29 is 0 Å². The number of allylic oxidation sites excluding steroid dienone is 1. The van der Waals surface area contributed by atoms with Crippen molar-refractivity contribution in [1.82, 2.24) is 5.32 Å². The molecule has 1 saturated heterocycles. The molecule has 1 rings (SSSR count). The minimum absolute atomic E-state index is 0.718.